The van der Waals surface area contributed by atoms with Crippen LogP contribution in [0.15, 0.2) is 36.5 Å². The molecule has 0 saturated heterocycles. The van der Waals surface area contributed by atoms with E-state index in [0.717, 1.165) is 22.8 Å². The summed E-state index contributed by atoms with van der Waals surface area (Å²) in [6.07, 6.45) is 1.60. The van der Waals surface area contributed by atoms with Crippen LogP contribution in [0.1, 0.15) is 16.1 Å². The number of benzene rings is 1. The van der Waals surface area contributed by atoms with Gasteiger partial charge in [0.1, 0.15) is 17.5 Å². The highest BCUT2D eigenvalue weighted by Gasteiger charge is 2.15. The average molecular weight is 339 g/mol. The van der Waals surface area contributed by atoms with Crippen molar-refractivity contribution in [2.24, 2.45) is 7.05 Å². The molecule has 0 unspecified atom stereocenters. The number of methoxy groups -OCH3 is 1. The molecule has 8 heteroatoms. The molecular formula is C16H13N5O2S. The van der Waals surface area contributed by atoms with Crippen LogP contribution in [0.3, 0.4) is 0 Å². The van der Waals surface area contributed by atoms with Gasteiger partial charge in [0.25, 0.3) is 5.91 Å². The highest BCUT2D eigenvalue weighted by molar-refractivity contribution is 7.10. The van der Waals surface area contributed by atoms with Crippen molar-refractivity contribution >= 4 is 22.6 Å². The van der Waals surface area contributed by atoms with Crippen LogP contribution in [0.2, 0.25) is 0 Å². The summed E-state index contributed by atoms with van der Waals surface area (Å²) in [5.74, 6) is 0.943. The second-order valence-corrected chi connectivity index (χ2v) is 5.69. The van der Waals surface area contributed by atoms with E-state index in [-0.39, 0.29) is 5.91 Å². The molecule has 1 N–H and O–H groups in total. The predicted octanol–water partition coefficient (Wildman–Crippen LogP) is 2.68. The topological polar surface area (TPSA) is 92.8 Å². The maximum absolute atomic E-state index is 12.3. The summed E-state index contributed by atoms with van der Waals surface area (Å²) in [4.78, 5) is 16.6. The first-order valence-corrected chi connectivity index (χ1v) is 7.74. The summed E-state index contributed by atoms with van der Waals surface area (Å²) in [6, 6.07) is 10.9. The van der Waals surface area contributed by atoms with Crippen LogP contribution >= 0.6 is 11.5 Å². The van der Waals surface area contributed by atoms with Gasteiger partial charge < -0.3 is 9.30 Å². The van der Waals surface area contributed by atoms with Gasteiger partial charge in [-0.1, -0.05) is 0 Å². The van der Waals surface area contributed by atoms with Crippen molar-refractivity contribution in [2.75, 3.05) is 12.4 Å². The van der Waals surface area contributed by atoms with E-state index in [1.54, 1.807) is 24.9 Å². The Morgan fingerprint density at radius 3 is 2.75 bits per heavy atom. The molecule has 0 atom stereocenters. The maximum atomic E-state index is 12.3. The van der Waals surface area contributed by atoms with Gasteiger partial charge in [0.2, 0.25) is 5.13 Å². The Kier molecular flexibility index (Phi) is 4.26. The number of amides is 1. The number of nitrogens with zero attached hydrogens (tertiary/aromatic N) is 4. The molecule has 0 aliphatic heterocycles. The van der Waals surface area contributed by atoms with E-state index in [1.807, 2.05) is 30.3 Å². The fourth-order valence-corrected chi connectivity index (χ4v) is 2.73. The summed E-state index contributed by atoms with van der Waals surface area (Å²) in [5.41, 5.74) is 1.64. The van der Waals surface area contributed by atoms with Crippen LogP contribution in [-0.2, 0) is 7.05 Å². The smallest absolute Gasteiger partial charge is 0.274 e. The lowest BCUT2D eigenvalue weighted by Gasteiger charge is -2.02. The molecule has 3 rings (SSSR count). The minimum atomic E-state index is -0.337. The Morgan fingerprint density at radius 2 is 2.12 bits per heavy atom. The first kappa shape index (κ1) is 15.7. The van der Waals surface area contributed by atoms with E-state index in [9.17, 15) is 4.79 Å². The number of nitrogens with one attached hydrogen (secondary N) is 1. The maximum Gasteiger partial charge on any atom is 0.274 e. The van der Waals surface area contributed by atoms with Crippen molar-refractivity contribution in [3.05, 3.63) is 47.8 Å². The first-order valence-electron chi connectivity index (χ1n) is 6.96. The Morgan fingerprint density at radius 1 is 1.38 bits per heavy atom. The second-order valence-electron chi connectivity index (χ2n) is 4.94. The standard InChI is InChI=1S/C16H13N5O2S/c1-21-9-10(8-17)7-13(21)15(22)19-16-18-14(20-24-16)11-3-5-12(23-2)6-4-11/h3-7,9H,1-2H3,(H,18,19,20,22). The van der Waals surface area contributed by atoms with E-state index in [4.69, 9.17) is 10.00 Å². The Balaban J connectivity index is 1.76. The van der Waals surface area contributed by atoms with Crippen molar-refractivity contribution < 1.29 is 9.53 Å². The number of rotatable bonds is 4. The monoisotopic (exact) mass is 339 g/mol. The summed E-state index contributed by atoms with van der Waals surface area (Å²) >= 11 is 1.10. The number of nitriles is 1. The van der Waals surface area contributed by atoms with E-state index in [1.165, 1.54) is 6.07 Å². The zero-order valence-electron chi connectivity index (χ0n) is 13.0. The van der Waals surface area contributed by atoms with Gasteiger partial charge >= 0.3 is 0 Å². The summed E-state index contributed by atoms with van der Waals surface area (Å²) in [5, 5.41) is 12.0. The third kappa shape index (κ3) is 3.11. The molecule has 1 aromatic carbocycles. The van der Waals surface area contributed by atoms with E-state index in [2.05, 4.69) is 14.7 Å². The van der Waals surface area contributed by atoms with Gasteiger partial charge in [-0.2, -0.15) is 14.6 Å². The molecule has 2 aromatic heterocycles. The van der Waals surface area contributed by atoms with Crippen LogP contribution in [0.4, 0.5) is 5.13 Å². The van der Waals surface area contributed by atoms with Gasteiger partial charge in [0.15, 0.2) is 5.82 Å². The van der Waals surface area contributed by atoms with Crippen LogP contribution in [-0.4, -0.2) is 26.9 Å². The summed E-state index contributed by atoms with van der Waals surface area (Å²) in [7, 11) is 3.31. The molecule has 7 nitrogen and oxygen atoms in total. The normalized spacial score (nSPS) is 10.2. The number of hydrogen-bond acceptors (Lipinski definition) is 6. The molecule has 0 aliphatic carbocycles. The molecule has 24 heavy (non-hydrogen) atoms. The number of aryl methyl sites for hydroxylation is 1. The molecule has 0 bridgehead atoms. The molecule has 2 heterocycles. The van der Waals surface area contributed by atoms with Crippen molar-refractivity contribution in [3.8, 4) is 23.2 Å². The van der Waals surface area contributed by atoms with Crippen molar-refractivity contribution in [1.82, 2.24) is 13.9 Å². The molecule has 0 aliphatic rings. The molecule has 3 aromatic rings. The number of hydrogen-bond donors (Lipinski definition) is 1. The number of carbonyl (C=O) groups is 1. The van der Waals surface area contributed by atoms with E-state index in [0.29, 0.717) is 22.2 Å². The fraction of sp³-hybridized carbons (Fsp3) is 0.125. The number of ether oxygens (including phenoxy) is 1. The number of anilines is 1. The minimum absolute atomic E-state index is 0.337. The van der Waals surface area contributed by atoms with Crippen LogP contribution < -0.4 is 10.1 Å². The highest BCUT2D eigenvalue weighted by atomic mass is 32.1. The van der Waals surface area contributed by atoms with Crippen molar-refractivity contribution in [3.63, 3.8) is 0 Å². The number of carbonyl (C=O) groups excluding carboxylic acids is 1. The third-order valence-corrected chi connectivity index (χ3v) is 3.99. The Hall–Kier alpha value is -3.18. The van der Waals surface area contributed by atoms with Gasteiger partial charge in [-0.3, -0.25) is 10.1 Å². The average Bonchev–Trinajstić information content (AvgIpc) is 3.21. The van der Waals surface area contributed by atoms with Crippen molar-refractivity contribution in [2.45, 2.75) is 0 Å². The van der Waals surface area contributed by atoms with Crippen molar-refractivity contribution in [1.29, 1.82) is 5.26 Å². The fourth-order valence-electron chi connectivity index (χ4n) is 2.14. The summed E-state index contributed by atoms with van der Waals surface area (Å²) in [6.45, 7) is 0. The molecule has 0 fully saturated rings. The lowest BCUT2D eigenvalue weighted by Crippen LogP contribution is -2.15. The zero-order valence-corrected chi connectivity index (χ0v) is 13.8. The molecule has 120 valence electrons. The van der Waals surface area contributed by atoms with Crippen LogP contribution in [0.25, 0.3) is 11.4 Å². The third-order valence-electron chi connectivity index (χ3n) is 3.36. The van der Waals surface area contributed by atoms with Crippen LogP contribution in [0, 0.1) is 11.3 Å². The SMILES string of the molecule is COc1ccc(-c2nsc(NC(=O)c3cc(C#N)cn3C)n2)cc1. The number of aromatic nitrogens is 3. The summed E-state index contributed by atoms with van der Waals surface area (Å²) < 4.78 is 11.0. The van der Waals surface area contributed by atoms with Gasteiger partial charge in [0, 0.05) is 30.3 Å². The molecule has 0 spiro atoms. The predicted molar refractivity (Wildman–Crippen MR) is 90.0 cm³/mol. The first-order chi connectivity index (χ1) is 11.6. The zero-order chi connectivity index (χ0) is 17.1. The molecule has 0 radical (unpaired) electrons. The molecule has 0 saturated carbocycles. The van der Waals surface area contributed by atoms with Gasteiger partial charge in [0.05, 0.1) is 12.7 Å². The Labute approximate surface area is 142 Å². The minimum Gasteiger partial charge on any atom is -0.497 e. The highest BCUT2D eigenvalue weighted by Crippen LogP contribution is 2.23. The van der Waals surface area contributed by atoms with E-state index >= 15 is 0 Å². The lowest BCUT2D eigenvalue weighted by atomic mass is 10.2. The van der Waals surface area contributed by atoms with Gasteiger partial charge in [-0.15, -0.1) is 0 Å². The quantitative estimate of drug-likeness (QED) is 0.789. The largest absolute Gasteiger partial charge is 0.497 e. The lowest BCUT2D eigenvalue weighted by molar-refractivity contribution is 0.101. The van der Waals surface area contributed by atoms with Crippen LogP contribution in [0.5, 0.6) is 5.75 Å². The second kappa shape index (κ2) is 6.52. The van der Waals surface area contributed by atoms with Gasteiger partial charge in [-0.05, 0) is 30.3 Å². The molecular weight excluding hydrogens is 326 g/mol. The van der Waals surface area contributed by atoms with Gasteiger partial charge in [-0.25, -0.2) is 0 Å². The van der Waals surface area contributed by atoms with E-state index < -0.39 is 0 Å². The Bertz CT molecular complexity index is 921. The molecule has 1 amide bonds.